The first-order valence-corrected chi connectivity index (χ1v) is 8.00. The molecular formula is C16H26O4. The van der Waals surface area contributed by atoms with Crippen LogP contribution in [0.4, 0.5) is 0 Å². The summed E-state index contributed by atoms with van der Waals surface area (Å²) in [6.45, 7) is 2.49. The lowest BCUT2D eigenvalue weighted by Gasteiger charge is -2.15. The number of carbonyl (C=O) groups is 2. The average Bonchev–Trinajstić information content (AvgIpc) is 3.14. The second-order valence-electron chi connectivity index (χ2n) is 6.28. The molecule has 4 nitrogen and oxygen atoms in total. The maximum absolute atomic E-state index is 11.8. The van der Waals surface area contributed by atoms with E-state index in [9.17, 15) is 9.59 Å². The first-order chi connectivity index (χ1) is 9.66. The van der Waals surface area contributed by atoms with Crippen LogP contribution in [0.2, 0.25) is 0 Å². The van der Waals surface area contributed by atoms with Crippen LogP contribution in [0.25, 0.3) is 0 Å². The molecule has 0 radical (unpaired) electrons. The topological polar surface area (TPSA) is 52.6 Å². The van der Waals surface area contributed by atoms with Gasteiger partial charge in [0.25, 0.3) is 0 Å². The maximum atomic E-state index is 11.8. The van der Waals surface area contributed by atoms with Crippen LogP contribution in [-0.2, 0) is 19.1 Å². The van der Waals surface area contributed by atoms with E-state index < -0.39 is 17.9 Å². The predicted octanol–water partition coefficient (Wildman–Crippen LogP) is 3.09. The molecule has 4 heteroatoms. The van der Waals surface area contributed by atoms with Crippen molar-refractivity contribution >= 4 is 11.9 Å². The number of ether oxygens (including phenoxy) is 2. The minimum atomic E-state index is -0.794. The third-order valence-electron chi connectivity index (χ3n) is 4.58. The molecule has 20 heavy (non-hydrogen) atoms. The molecule has 2 saturated carbocycles. The second-order valence-corrected chi connectivity index (χ2v) is 6.28. The molecule has 2 aliphatic carbocycles. The largest absolute Gasteiger partial charge is 0.465 e. The van der Waals surface area contributed by atoms with E-state index in [1.165, 1.54) is 25.7 Å². The molecule has 2 aliphatic rings. The summed E-state index contributed by atoms with van der Waals surface area (Å²) in [5.74, 6) is -0.694. The van der Waals surface area contributed by atoms with Gasteiger partial charge in [-0.15, -0.1) is 0 Å². The van der Waals surface area contributed by atoms with E-state index in [1.54, 1.807) is 6.92 Å². The van der Waals surface area contributed by atoms with Crippen molar-refractivity contribution in [3.05, 3.63) is 0 Å². The lowest BCUT2D eigenvalue weighted by molar-refractivity contribution is -0.162. The Morgan fingerprint density at radius 3 is 1.55 bits per heavy atom. The Morgan fingerprint density at radius 2 is 1.20 bits per heavy atom. The molecule has 0 saturated heterocycles. The van der Waals surface area contributed by atoms with E-state index in [-0.39, 0.29) is 0 Å². The van der Waals surface area contributed by atoms with Gasteiger partial charge in [0, 0.05) is 0 Å². The van der Waals surface area contributed by atoms with Gasteiger partial charge >= 0.3 is 11.9 Å². The van der Waals surface area contributed by atoms with Gasteiger partial charge in [-0.3, -0.25) is 9.59 Å². The Balaban J connectivity index is 1.64. The van der Waals surface area contributed by atoms with E-state index in [1.807, 2.05) is 0 Å². The quantitative estimate of drug-likeness (QED) is 0.555. The Labute approximate surface area is 121 Å². The molecule has 0 spiro atoms. The highest BCUT2D eigenvalue weighted by Crippen LogP contribution is 2.26. The van der Waals surface area contributed by atoms with Crippen LogP contribution >= 0.6 is 0 Å². The standard InChI is InChI=1S/C16H26O4/c1-12(15(17)19-10-13-6-2-3-7-13)16(18)20-11-14-8-4-5-9-14/h12-14H,2-11H2,1H3. The summed E-state index contributed by atoms with van der Waals surface area (Å²) in [5.41, 5.74) is 0. The van der Waals surface area contributed by atoms with Crippen molar-refractivity contribution in [2.45, 2.75) is 58.3 Å². The Kier molecular flexibility index (Phi) is 5.86. The fourth-order valence-corrected chi connectivity index (χ4v) is 3.10. The van der Waals surface area contributed by atoms with E-state index >= 15 is 0 Å². The Hall–Kier alpha value is -1.06. The van der Waals surface area contributed by atoms with Crippen LogP contribution in [0.3, 0.4) is 0 Å². The van der Waals surface area contributed by atoms with Gasteiger partial charge in [0.2, 0.25) is 0 Å². The fourth-order valence-electron chi connectivity index (χ4n) is 3.10. The normalized spacial score (nSPS) is 20.5. The minimum absolute atomic E-state index is 0.437. The number of hydrogen-bond acceptors (Lipinski definition) is 4. The molecule has 0 aromatic heterocycles. The molecule has 0 heterocycles. The summed E-state index contributed by atoms with van der Waals surface area (Å²) in [6.07, 6.45) is 9.42. The van der Waals surface area contributed by atoms with E-state index in [2.05, 4.69) is 0 Å². The zero-order chi connectivity index (χ0) is 14.4. The summed E-state index contributed by atoms with van der Waals surface area (Å²) in [7, 11) is 0. The van der Waals surface area contributed by atoms with E-state index in [4.69, 9.17) is 9.47 Å². The van der Waals surface area contributed by atoms with Gasteiger partial charge in [-0.2, -0.15) is 0 Å². The van der Waals surface area contributed by atoms with Gasteiger partial charge in [0.1, 0.15) is 0 Å². The molecule has 0 aromatic rings. The molecule has 0 bridgehead atoms. The van der Waals surface area contributed by atoms with E-state index in [0.29, 0.717) is 25.0 Å². The zero-order valence-corrected chi connectivity index (χ0v) is 12.4. The summed E-state index contributed by atoms with van der Waals surface area (Å²) in [4.78, 5) is 23.6. The van der Waals surface area contributed by atoms with Gasteiger partial charge in [-0.05, 0) is 44.4 Å². The molecular weight excluding hydrogens is 256 g/mol. The smallest absolute Gasteiger partial charge is 0.320 e. The summed E-state index contributed by atoms with van der Waals surface area (Å²) < 4.78 is 10.5. The average molecular weight is 282 g/mol. The van der Waals surface area contributed by atoms with Gasteiger partial charge < -0.3 is 9.47 Å². The molecule has 0 atom stereocenters. The molecule has 0 aromatic carbocycles. The third kappa shape index (κ3) is 4.50. The van der Waals surface area contributed by atoms with Gasteiger partial charge in [0.15, 0.2) is 5.92 Å². The second kappa shape index (κ2) is 7.65. The van der Waals surface area contributed by atoms with Crippen molar-refractivity contribution < 1.29 is 19.1 Å². The Morgan fingerprint density at radius 1 is 0.850 bits per heavy atom. The number of esters is 2. The van der Waals surface area contributed by atoms with Crippen molar-refractivity contribution in [3.8, 4) is 0 Å². The summed E-state index contributed by atoms with van der Waals surface area (Å²) in [6, 6.07) is 0. The van der Waals surface area contributed by atoms with Crippen molar-refractivity contribution in [2.24, 2.45) is 17.8 Å². The van der Waals surface area contributed by atoms with E-state index in [0.717, 1.165) is 25.7 Å². The SMILES string of the molecule is CC(C(=O)OCC1CCCC1)C(=O)OCC1CCCC1. The lowest BCUT2D eigenvalue weighted by Crippen LogP contribution is -2.27. The highest BCUT2D eigenvalue weighted by Gasteiger charge is 2.27. The van der Waals surface area contributed by atoms with Crippen molar-refractivity contribution in [1.82, 2.24) is 0 Å². The highest BCUT2D eigenvalue weighted by atomic mass is 16.6. The minimum Gasteiger partial charge on any atom is -0.465 e. The number of rotatable bonds is 6. The summed E-state index contributed by atoms with van der Waals surface area (Å²) in [5, 5.41) is 0. The van der Waals surface area contributed by atoms with Crippen molar-refractivity contribution in [2.75, 3.05) is 13.2 Å². The lowest BCUT2D eigenvalue weighted by atomic mass is 10.1. The summed E-state index contributed by atoms with van der Waals surface area (Å²) >= 11 is 0. The Bertz CT molecular complexity index is 295. The number of carbonyl (C=O) groups excluding carboxylic acids is 2. The van der Waals surface area contributed by atoms with Crippen LogP contribution < -0.4 is 0 Å². The van der Waals surface area contributed by atoms with Gasteiger partial charge in [-0.25, -0.2) is 0 Å². The van der Waals surface area contributed by atoms with Gasteiger partial charge in [-0.1, -0.05) is 25.7 Å². The van der Waals surface area contributed by atoms with Crippen molar-refractivity contribution in [3.63, 3.8) is 0 Å². The first-order valence-electron chi connectivity index (χ1n) is 8.00. The zero-order valence-electron chi connectivity index (χ0n) is 12.4. The van der Waals surface area contributed by atoms with Crippen molar-refractivity contribution in [1.29, 1.82) is 0 Å². The van der Waals surface area contributed by atoms with Crippen LogP contribution in [-0.4, -0.2) is 25.2 Å². The maximum Gasteiger partial charge on any atom is 0.320 e. The first kappa shape index (κ1) is 15.3. The van der Waals surface area contributed by atoms with Crippen LogP contribution in [0.1, 0.15) is 58.3 Å². The highest BCUT2D eigenvalue weighted by molar-refractivity contribution is 5.94. The molecule has 2 rings (SSSR count). The van der Waals surface area contributed by atoms with Gasteiger partial charge in [0.05, 0.1) is 13.2 Å². The third-order valence-corrected chi connectivity index (χ3v) is 4.58. The molecule has 2 fully saturated rings. The monoisotopic (exact) mass is 282 g/mol. The van der Waals surface area contributed by atoms with Crippen LogP contribution in [0, 0.1) is 17.8 Å². The van der Waals surface area contributed by atoms with Crippen LogP contribution in [0.5, 0.6) is 0 Å². The predicted molar refractivity (Wildman–Crippen MR) is 75.0 cm³/mol. The molecule has 0 aliphatic heterocycles. The molecule has 114 valence electrons. The fraction of sp³-hybridized carbons (Fsp3) is 0.875. The molecule has 0 N–H and O–H groups in total. The molecule has 0 amide bonds. The number of hydrogen-bond donors (Lipinski definition) is 0. The van der Waals surface area contributed by atoms with Crippen LogP contribution in [0.15, 0.2) is 0 Å². The molecule has 0 unspecified atom stereocenters.